The first-order valence-corrected chi connectivity index (χ1v) is 7.99. The standard InChI is InChI=1S/C14H19NOS2/c1-2-12(16)9-15(10-13-5-3-7-17-13)11-14-6-4-8-18-14/h3-8,12,16H,2,9-11H2,1H3. The first-order valence-electron chi connectivity index (χ1n) is 6.23. The molecule has 2 heterocycles. The van der Waals surface area contributed by atoms with Crippen LogP contribution in [0.4, 0.5) is 0 Å². The second-order valence-electron chi connectivity index (χ2n) is 4.39. The Morgan fingerprint density at radius 2 is 1.67 bits per heavy atom. The van der Waals surface area contributed by atoms with Crippen molar-refractivity contribution in [2.24, 2.45) is 0 Å². The molecule has 0 aliphatic carbocycles. The highest BCUT2D eigenvalue weighted by Crippen LogP contribution is 2.17. The van der Waals surface area contributed by atoms with Gasteiger partial charge in [0.1, 0.15) is 0 Å². The number of rotatable bonds is 7. The SMILES string of the molecule is CCC(O)CN(Cc1cccs1)Cc1cccs1. The van der Waals surface area contributed by atoms with Gasteiger partial charge in [0.15, 0.2) is 0 Å². The fraction of sp³-hybridized carbons (Fsp3) is 0.429. The third-order valence-electron chi connectivity index (χ3n) is 2.86. The smallest absolute Gasteiger partial charge is 0.0664 e. The molecule has 0 amide bonds. The highest BCUT2D eigenvalue weighted by molar-refractivity contribution is 7.10. The van der Waals surface area contributed by atoms with Crippen LogP contribution in [0.3, 0.4) is 0 Å². The summed E-state index contributed by atoms with van der Waals surface area (Å²) in [7, 11) is 0. The molecular weight excluding hydrogens is 262 g/mol. The van der Waals surface area contributed by atoms with Gasteiger partial charge in [-0.05, 0) is 29.3 Å². The fourth-order valence-corrected chi connectivity index (χ4v) is 3.35. The molecule has 4 heteroatoms. The molecule has 0 saturated carbocycles. The normalized spacial score (nSPS) is 13.1. The second kappa shape index (κ2) is 7.04. The number of thiophene rings is 2. The van der Waals surface area contributed by atoms with Crippen LogP contribution < -0.4 is 0 Å². The fourth-order valence-electron chi connectivity index (χ4n) is 1.86. The van der Waals surface area contributed by atoms with Crippen LogP contribution in [-0.2, 0) is 13.1 Å². The van der Waals surface area contributed by atoms with Crippen LogP contribution >= 0.6 is 22.7 Å². The molecule has 0 aromatic carbocycles. The molecule has 1 atom stereocenters. The predicted octanol–water partition coefficient (Wildman–Crippen LogP) is 3.58. The van der Waals surface area contributed by atoms with Gasteiger partial charge in [-0.1, -0.05) is 19.1 Å². The Morgan fingerprint density at radius 1 is 1.11 bits per heavy atom. The van der Waals surface area contributed by atoms with Crippen molar-refractivity contribution in [2.45, 2.75) is 32.5 Å². The summed E-state index contributed by atoms with van der Waals surface area (Å²) in [4.78, 5) is 5.04. The predicted molar refractivity (Wildman–Crippen MR) is 79.0 cm³/mol. The minimum Gasteiger partial charge on any atom is -0.392 e. The molecule has 0 spiro atoms. The molecule has 0 fully saturated rings. The minimum absolute atomic E-state index is 0.232. The minimum atomic E-state index is -0.232. The van der Waals surface area contributed by atoms with Crippen LogP contribution in [0.5, 0.6) is 0 Å². The summed E-state index contributed by atoms with van der Waals surface area (Å²) in [6.07, 6.45) is 0.579. The van der Waals surface area contributed by atoms with E-state index in [1.807, 2.05) is 6.92 Å². The van der Waals surface area contributed by atoms with Crippen molar-refractivity contribution in [1.29, 1.82) is 0 Å². The monoisotopic (exact) mass is 281 g/mol. The molecule has 2 aromatic rings. The first kappa shape index (κ1) is 13.7. The number of nitrogens with zero attached hydrogens (tertiary/aromatic N) is 1. The second-order valence-corrected chi connectivity index (χ2v) is 6.45. The highest BCUT2D eigenvalue weighted by Gasteiger charge is 2.12. The van der Waals surface area contributed by atoms with Crippen LogP contribution in [0.2, 0.25) is 0 Å². The molecule has 98 valence electrons. The van der Waals surface area contributed by atoms with Gasteiger partial charge in [-0.2, -0.15) is 0 Å². The van der Waals surface area contributed by atoms with Gasteiger partial charge in [0, 0.05) is 29.4 Å². The van der Waals surface area contributed by atoms with Gasteiger partial charge in [-0.3, -0.25) is 4.90 Å². The lowest BCUT2D eigenvalue weighted by Crippen LogP contribution is -2.30. The van der Waals surface area contributed by atoms with Gasteiger partial charge >= 0.3 is 0 Å². The topological polar surface area (TPSA) is 23.5 Å². The van der Waals surface area contributed by atoms with Crippen molar-refractivity contribution in [3.63, 3.8) is 0 Å². The summed E-state index contributed by atoms with van der Waals surface area (Å²) in [6, 6.07) is 8.48. The molecule has 0 saturated heterocycles. The lowest BCUT2D eigenvalue weighted by molar-refractivity contribution is 0.103. The third-order valence-corrected chi connectivity index (χ3v) is 4.58. The van der Waals surface area contributed by atoms with E-state index in [9.17, 15) is 5.11 Å². The summed E-state index contributed by atoms with van der Waals surface area (Å²) in [5.74, 6) is 0. The van der Waals surface area contributed by atoms with Crippen molar-refractivity contribution < 1.29 is 5.11 Å². The zero-order valence-corrected chi connectivity index (χ0v) is 12.2. The lowest BCUT2D eigenvalue weighted by Gasteiger charge is -2.23. The van der Waals surface area contributed by atoms with E-state index >= 15 is 0 Å². The van der Waals surface area contributed by atoms with E-state index in [0.29, 0.717) is 0 Å². The average molecular weight is 281 g/mol. The van der Waals surface area contributed by atoms with Crippen LogP contribution in [0, 0.1) is 0 Å². The Kier molecular flexibility index (Phi) is 5.38. The third kappa shape index (κ3) is 4.21. The Hall–Kier alpha value is -0.680. The first-order chi connectivity index (χ1) is 8.78. The maximum Gasteiger partial charge on any atom is 0.0664 e. The quantitative estimate of drug-likeness (QED) is 0.838. The number of hydrogen-bond donors (Lipinski definition) is 1. The van der Waals surface area contributed by atoms with Crippen molar-refractivity contribution in [1.82, 2.24) is 4.90 Å². The van der Waals surface area contributed by atoms with Crippen molar-refractivity contribution in [3.05, 3.63) is 44.8 Å². The molecule has 1 unspecified atom stereocenters. The zero-order chi connectivity index (χ0) is 12.8. The average Bonchev–Trinajstić information content (AvgIpc) is 3.02. The summed E-state index contributed by atoms with van der Waals surface area (Å²) in [5.41, 5.74) is 0. The molecule has 2 nitrogen and oxygen atoms in total. The highest BCUT2D eigenvalue weighted by atomic mass is 32.1. The van der Waals surface area contributed by atoms with Gasteiger partial charge in [0.25, 0.3) is 0 Å². The van der Waals surface area contributed by atoms with Crippen molar-refractivity contribution >= 4 is 22.7 Å². The summed E-state index contributed by atoms with van der Waals surface area (Å²) >= 11 is 3.56. The van der Waals surface area contributed by atoms with E-state index in [1.165, 1.54) is 9.75 Å². The molecule has 18 heavy (non-hydrogen) atoms. The Bertz CT molecular complexity index is 388. The van der Waals surface area contributed by atoms with Crippen LogP contribution in [0.1, 0.15) is 23.1 Å². The molecule has 0 radical (unpaired) electrons. The molecule has 0 aliphatic rings. The molecule has 2 aromatic heterocycles. The molecule has 2 rings (SSSR count). The van der Waals surface area contributed by atoms with E-state index in [1.54, 1.807) is 22.7 Å². The molecule has 1 N–H and O–H groups in total. The van der Waals surface area contributed by atoms with Gasteiger partial charge in [-0.25, -0.2) is 0 Å². The van der Waals surface area contributed by atoms with Crippen molar-refractivity contribution in [2.75, 3.05) is 6.54 Å². The van der Waals surface area contributed by atoms with Crippen LogP contribution in [0.15, 0.2) is 35.0 Å². The number of aliphatic hydroxyl groups is 1. The van der Waals surface area contributed by atoms with E-state index in [2.05, 4.69) is 39.9 Å². The number of hydrogen-bond acceptors (Lipinski definition) is 4. The summed E-state index contributed by atoms with van der Waals surface area (Å²) in [5, 5.41) is 14.1. The molecule has 0 aliphatic heterocycles. The lowest BCUT2D eigenvalue weighted by atomic mass is 10.2. The van der Waals surface area contributed by atoms with Crippen LogP contribution in [-0.4, -0.2) is 22.7 Å². The van der Waals surface area contributed by atoms with Gasteiger partial charge in [-0.15, -0.1) is 22.7 Å². The molecular formula is C14H19NOS2. The maximum absolute atomic E-state index is 9.85. The Balaban J connectivity index is 1.97. The van der Waals surface area contributed by atoms with E-state index in [4.69, 9.17) is 0 Å². The summed E-state index contributed by atoms with van der Waals surface area (Å²) in [6.45, 7) is 4.62. The largest absolute Gasteiger partial charge is 0.392 e. The van der Waals surface area contributed by atoms with Gasteiger partial charge in [0.2, 0.25) is 0 Å². The Labute approximate surface area is 117 Å². The maximum atomic E-state index is 9.85. The van der Waals surface area contributed by atoms with E-state index < -0.39 is 0 Å². The summed E-state index contributed by atoms with van der Waals surface area (Å²) < 4.78 is 0. The zero-order valence-electron chi connectivity index (χ0n) is 10.6. The van der Waals surface area contributed by atoms with Crippen LogP contribution in [0.25, 0.3) is 0 Å². The molecule has 0 bridgehead atoms. The van der Waals surface area contributed by atoms with Crippen molar-refractivity contribution in [3.8, 4) is 0 Å². The van der Waals surface area contributed by atoms with Gasteiger partial charge < -0.3 is 5.11 Å². The van der Waals surface area contributed by atoms with Gasteiger partial charge in [0.05, 0.1) is 6.10 Å². The Morgan fingerprint density at radius 3 is 2.06 bits per heavy atom. The van der Waals surface area contributed by atoms with E-state index in [-0.39, 0.29) is 6.10 Å². The number of aliphatic hydroxyl groups excluding tert-OH is 1. The van der Waals surface area contributed by atoms with E-state index in [0.717, 1.165) is 26.1 Å².